The molecule has 0 radical (unpaired) electrons. The Kier molecular flexibility index (Phi) is 3.01. The van der Waals surface area contributed by atoms with Crippen molar-refractivity contribution >= 4 is 22.5 Å². The zero-order chi connectivity index (χ0) is 11.7. The first-order chi connectivity index (χ1) is 8.31. The molecule has 0 atom stereocenters. The second-order valence-electron chi connectivity index (χ2n) is 4.82. The highest BCUT2D eigenvalue weighted by Gasteiger charge is 2.21. The maximum atomic E-state index is 11.7. The Hall–Kier alpha value is -1.10. The van der Waals surface area contributed by atoms with E-state index in [2.05, 4.69) is 15.6 Å². The zero-order valence-corrected chi connectivity index (χ0v) is 10.6. The smallest absolute Gasteiger partial charge is 0.321 e. The van der Waals surface area contributed by atoms with Crippen LogP contribution >= 0.6 is 11.3 Å². The second-order valence-corrected chi connectivity index (χ2v) is 5.91. The maximum absolute atomic E-state index is 11.7. The molecule has 2 aliphatic rings. The summed E-state index contributed by atoms with van der Waals surface area (Å²) >= 11 is 1.63. The minimum Gasteiger partial charge on any atom is -0.335 e. The summed E-state index contributed by atoms with van der Waals surface area (Å²) in [5, 5.41) is 6.58. The number of amides is 2. The summed E-state index contributed by atoms with van der Waals surface area (Å²) in [6, 6.07) is 0.283. The van der Waals surface area contributed by atoms with Crippen molar-refractivity contribution in [2.45, 2.75) is 51.0 Å². The summed E-state index contributed by atoms with van der Waals surface area (Å²) in [5.74, 6) is 0. The van der Waals surface area contributed by atoms with Crippen molar-refractivity contribution in [1.29, 1.82) is 0 Å². The third-order valence-corrected chi connectivity index (χ3v) is 4.58. The SMILES string of the molecule is O=C(Nc1nc2c(s1)CCCC2)NC1CCC1. The van der Waals surface area contributed by atoms with Crippen molar-refractivity contribution in [3.8, 4) is 0 Å². The summed E-state index contributed by atoms with van der Waals surface area (Å²) in [5.41, 5.74) is 1.19. The van der Waals surface area contributed by atoms with Crippen LogP contribution in [0.3, 0.4) is 0 Å². The molecule has 0 aromatic carbocycles. The summed E-state index contributed by atoms with van der Waals surface area (Å²) < 4.78 is 0. The molecule has 0 aliphatic heterocycles. The number of urea groups is 1. The lowest BCUT2D eigenvalue weighted by Gasteiger charge is -2.26. The molecule has 0 bridgehead atoms. The number of nitrogens with one attached hydrogen (secondary N) is 2. The molecule has 0 spiro atoms. The Balaban J connectivity index is 1.60. The third-order valence-electron chi connectivity index (χ3n) is 3.51. The lowest BCUT2D eigenvalue weighted by molar-refractivity contribution is 0.240. The van der Waals surface area contributed by atoms with E-state index in [9.17, 15) is 4.79 Å². The molecule has 92 valence electrons. The Morgan fingerprint density at radius 1 is 1.24 bits per heavy atom. The van der Waals surface area contributed by atoms with E-state index >= 15 is 0 Å². The van der Waals surface area contributed by atoms with Crippen LogP contribution in [0.15, 0.2) is 0 Å². The first-order valence-corrected chi connectivity index (χ1v) is 7.19. The minimum atomic E-state index is -0.0965. The molecule has 2 aliphatic carbocycles. The van der Waals surface area contributed by atoms with Gasteiger partial charge in [-0.2, -0.15) is 0 Å². The van der Waals surface area contributed by atoms with Crippen LogP contribution in [0.1, 0.15) is 42.7 Å². The average molecular weight is 251 g/mol. The van der Waals surface area contributed by atoms with Crippen LogP contribution in [0.2, 0.25) is 0 Å². The van der Waals surface area contributed by atoms with Gasteiger partial charge in [-0.1, -0.05) is 0 Å². The largest absolute Gasteiger partial charge is 0.335 e. The molecule has 17 heavy (non-hydrogen) atoms. The van der Waals surface area contributed by atoms with Gasteiger partial charge in [0.2, 0.25) is 0 Å². The van der Waals surface area contributed by atoms with Crippen LogP contribution in [0.25, 0.3) is 0 Å². The number of aromatic nitrogens is 1. The van der Waals surface area contributed by atoms with Crippen molar-refractivity contribution in [3.63, 3.8) is 0 Å². The molecule has 2 N–H and O–H groups in total. The lowest BCUT2D eigenvalue weighted by Crippen LogP contribution is -2.41. The fraction of sp³-hybridized carbons (Fsp3) is 0.667. The highest BCUT2D eigenvalue weighted by Crippen LogP contribution is 2.29. The standard InChI is InChI=1S/C12H17N3OS/c16-11(13-8-4-3-5-8)15-12-14-9-6-1-2-7-10(9)17-12/h8H,1-7H2,(H2,13,14,15,16). The van der Waals surface area contributed by atoms with E-state index in [1.165, 1.54) is 29.8 Å². The van der Waals surface area contributed by atoms with Gasteiger partial charge in [-0.3, -0.25) is 5.32 Å². The quantitative estimate of drug-likeness (QED) is 0.849. The van der Waals surface area contributed by atoms with Gasteiger partial charge in [0.25, 0.3) is 0 Å². The first kappa shape index (κ1) is 11.0. The highest BCUT2D eigenvalue weighted by molar-refractivity contribution is 7.15. The predicted molar refractivity (Wildman–Crippen MR) is 68.5 cm³/mol. The van der Waals surface area contributed by atoms with Gasteiger partial charge in [-0.05, 0) is 44.9 Å². The molecule has 3 rings (SSSR count). The molecule has 0 unspecified atom stereocenters. The van der Waals surface area contributed by atoms with Crippen LogP contribution < -0.4 is 10.6 Å². The molecule has 1 saturated carbocycles. The van der Waals surface area contributed by atoms with Gasteiger partial charge < -0.3 is 5.32 Å². The first-order valence-electron chi connectivity index (χ1n) is 6.37. The van der Waals surface area contributed by atoms with Gasteiger partial charge in [0.15, 0.2) is 5.13 Å². The van der Waals surface area contributed by atoms with E-state index in [4.69, 9.17) is 0 Å². The van der Waals surface area contributed by atoms with Crippen LogP contribution in [0, 0.1) is 0 Å². The highest BCUT2D eigenvalue weighted by atomic mass is 32.1. The van der Waals surface area contributed by atoms with Crippen molar-refractivity contribution in [2.24, 2.45) is 0 Å². The van der Waals surface area contributed by atoms with Crippen molar-refractivity contribution in [3.05, 3.63) is 10.6 Å². The van der Waals surface area contributed by atoms with Gasteiger partial charge >= 0.3 is 6.03 Å². The second kappa shape index (κ2) is 4.64. The van der Waals surface area contributed by atoms with Gasteiger partial charge in [-0.25, -0.2) is 9.78 Å². The molecule has 1 heterocycles. The Bertz CT molecular complexity index is 402. The molecular formula is C12H17N3OS. The van der Waals surface area contributed by atoms with Gasteiger partial charge in [0, 0.05) is 10.9 Å². The molecule has 0 saturated heterocycles. The van der Waals surface area contributed by atoms with Gasteiger partial charge in [0.1, 0.15) is 0 Å². The van der Waals surface area contributed by atoms with Gasteiger partial charge in [0.05, 0.1) is 5.69 Å². The van der Waals surface area contributed by atoms with Crippen LogP contribution in [-0.2, 0) is 12.8 Å². The van der Waals surface area contributed by atoms with E-state index in [0.29, 0.717) is 6.04 Å². The van der Waals surface area contributed by atoms with Crippen LogP contribution in [-0.4, -0.2) is 17.1 Å². The van der Waals surface area contributed by atoms with Crippen molar-refractivity contribution < 1.29 is 4.79 Å². The number of nitrogens with zero attached hydrogens (tertiary/aromatic N) is 1. The number of anilines is 1. The summed E-state index contributed by atoms with van der Waals surface area (Å²) in [6.45, 7) is 0. The normalized spacial score (nSPS) is 19.3. The lowest BCUT2D eigenvalue weighted by atomic mass is 9.93. The van der Waals surface area contributed by atoms with E-state index in [1.54, 1.807) is 11.3 Å². The molecule has 2 amide bonds. The maximum Gasteiger partial charge on any atom is 0.321 e. The Labute approximate surface area is 105 Å². The van der Waals surface area contributed by atoms with Crippen LogP contribution in [0.4, 0.5) is 9.93 Å². The number of hydrogen-bond donors (Lipinski definition) is 2. The van der Waals surface area contributed by atoms with Crippen molar-refractivity contribution in [2.75, 3.05) is 5.32 Å². The number of rotatable bonds is 2. The van der Waals surface area contributed by atoms with E-state index < -0.39 is 0 Å². The minimum absolute atomic E-state index is 0.0965. The number of carbonyl (C=O) groups is 1. The molecule has 1 aromatic rings. The number of hydrogen-bond acceptors (Lipinski definition) is 3. The van der Waals surface area contributed by atoms with E-state index in [1.807, 2.05) is 0 Å². The van der Waals surface area contributed by atoms with Crippen molar-refractivity contribution in [1.82, 2.24) is 10.3 Å². The number of thiazole rings is 1. The topological polar surface area (TPSA) is 54.0 Å². The summed E-state index contributed by atoms with van der Waals surface area (Å²) in [6.07, 6.45) is 8.13. The molecular weight excluding hydrogens is 234 g/mol. The fourth-order valence-corrected chi connectivity index (χ4v) is 3.32. The van der Waals surface area contributed by atoms with E-state index in [-0.39, 0.29) is 6.03 Å². The summed E-state index contributed by atoms with van der Waals surface area (Å²) in [4.78, 5) is 17.5. The molecule has 4 nitrogen and oxygen atoms in total. The van der Waals surface area contributed by atoms with Gasteiger partial charge in [-0.15, -0.1) is 11.3 Å². The Morgan fingerprint density at radius 2 is 2.06 bits per heavy atom. The average Bonchev–Trinajstić information content (AvgIpc) is 2.65. The zero-order valence-electron chi connectivity index (χ0n) is 9.79. The Morgan fingerprint density at radius 3 is 2.76 bits per heavy atom. The third kappa shape index (κ3) is 2.44. The predicted octanol–water partition coefficient (Wildman–Crippen LogP) is 2.70. The number of aryl methyl sites for hydroxylation is 2. The molecule has 5 heteroatoms. The fourth-order valence-electron chi connectivity index (χ4n) is 2.28. The number of carbonyl (C=O) groups excluding carboxylic acids is 1. The van der Waals surface area contributed by atoms with Crippen LogP contribution in [0.5, 0.6) is 0 Å². The monoisotopic (exact) mass is 251 g/mol. The number of fused-ring (bicyclic) bond motifs is 1. The summed E-state index contributed by atoms with van der Waals surface area (Å²) in [7, 11) is 0. The molecule has 1 fully saturated rings. The van der Waals surface area contributed by atoms with E-state index in [0.717, 1.165) is 30.8 Å². The molecule has 1 aromatic heterocycles.